The van der Waals surface area contributed by atoms with E-state index in [1.165, 1.54) is 0 Å². The molecule has 0 aliphatic rings. The van der Waals surface area contributed by atoms with Crippen molar-refractivity contribution in [1.82, 2.24) is 10.6 Å². The first kappa shape index (κ1) is 16.4. The largest absolute Gasteiger partial charge is 0.396 e. The summed E-state index contributed by atoms with van der Waals surface area (Å²) in [6, 6.07) is 0.278. The number of hydrogen-bond acceptors (Lipinski definition) is 4. The topological polar surface area (TPSA) is 70.6 Å². The quantitative estimate of drug-likeness (QED) is 0.518. The number of methoxy groups -OCH3 is 1. The lowest BCUT2D eigenvalue weighted by atomic mass is 10.2. The fourth-order valence-corrected chi connectivity index (χ4v) is 1.61. The lowest BCUT2D eigenvalue weighted by Gasteiger charge is -2.19. The number of aliphatic hydroxyl groups excluding tert-OH is 1. The Morgan fingerprint density at radius 2 is 1.94 bits per heavy atom. The molecule has 0 aromatic heterocycles. The lowest BCUT2D eigenvalue weighted by Crippen LogP contribution is -2.44. The van der Waals surface area contributed by atoms with Crippen molar-refractivity contribution in [3.8, 4) is 0 Å². The summed E-state index contributed by atoms with van der Waals surface area (Å²) in [6.45, 7) is 4.97. The molecule has 0 saturated carbocycles. The lowest BCUT2D eigenvalue weighted by molar-refractivity contribution is -0.121. The molecule has 0 aliphatic heterocycles. The second-order valence-corrected chi connectivity index (χ2v) is 4.13. The number of hydrogen-bond donors (Lipinski definition) is 3. The van der Waals surface area contributed by atoms with Crippen LogP contribution in [-0.4, -0.2) is 50.0 Å². The van der Waals surface area contributed by atoms with Crippen molar-refractivity contribution in [1.29, 1.82) is 0 Å². The number of carbonyl (C=O) groups is 1. The second-order valence-electron chi connectivity index (χ2n) is 4.13. The summed E-state index contributed by atoms with van der Waals surface area (Å²) >= 11 is 0. The molecule has 0 aliphatic carbocycles. The maximum atomic E-state index is 11.6. The Hall–Kier alpha value is -0.650. The highest BCUT2D eigenvalue weighted by atomic mass is 16.5. The molecular weight excluding hydrogens is 220 g/mol. The molecule has 0 rings (SSSR count). The maximum Gasteiger partial charge on any atom is 0.234 e. The van der Waals surface area contributed by atoms with Crippen LogP contribution in [0.2, 0.25) is 0 Å². The highest BCUT2D eigenvalue weighted by Crippen LogP contribution is 1.96. The molecule has 0 aromatic carbocycles. The standard InChI is InChI=1S/C12H26N2O3/c1-4-10(5-2)14-12(16)8-13-11(6-7-15)9-17-3/h10-11,13,15H,4-9H2,1-3H3,(H,14,16). The van der Waals surface area contributed by atoms with Gasteiger partial charge in [0, 0.05) is 25.8 Å². The van der Waals surface area contributed by atoms with Gasteiger partial charge in [-0.1, -0.05) is 13.8 Å². The van der Waals surface area contributed by atoms with E-state index in [9.17, 15) is 4.79 Å². The molecule has 0 saturated heterocycles. The van der Waals surface area contributed by atoms with E-state index in [1.54, 1.807) is 7.11 Å². The van der Waals surface area contributed by atoms with Gasteiger partial charge >= 0.3 is 0 Å². The van der Waals surface area contributed by atoms with E-state index in [1.807, 2.05) is 0 Å². The molecule has 1 unspecified atom stereocenters. The summed E-state index contributed by atoms with van der Waals surface area (Å²) in [5.41, 5.74) is 0. The SMILES string of the molecule is CCC(CC)NC(=O)CNC(CCO)COC. The van der Waals surface area contributed by atoms with E-state index in [2.05, 4.69) is 24.5 Å². The van der Waals surface area contributed by atoms with Crippen molar-refractivity contribution in [3.63, 3.8) is 0 Å². The molecule has 17 heavy (non-hydrogen) atoms. The number of carbonyl (C=O) groups excluding carboxylic acids is 1. The van der Waals surface area contributed by atoms with Crippen LogP contribution in [0.5, 0.6) is 0 Å². The van der Waals surface area contributed by atoms with Gasteiger partial charge in [-0.05, 0) is 19.3 Å². The molecule has 0 heterocycles. The van der Waals surface area contributed by atoms with Crippen molar-refractivity contribution in [2.24, 2.45) is 0 Å². The number of nitrogens with one attached hydrogen (secondary N) is 2. The van der Waals surface area contributed by atoms with E-state index >= 15 is 0 Å². The first-order valence-corrected chi connectivity index (χ1v) is 6.30. The fourth-order valence-electron chi connectivity index (χ4n) is 1.61. The van der Waals surface area contributed by atoms with Crippen LogP contribution in [0.1, 0.15) is 33.1 Å². The summed E-state index contributed by atoms with van der Waals surface area (Å²) < 4.78 is 5.01. The Morgan fingerprint density at radius 3 is 2.41 bits per heavy atom. The predicted octanol–water partition coefficient (Wildman–Crippen LogP) is 0.278. The zero-order valence-corrected chi connectivity index (χ0v) is 11.2. The first-order chi connectivity index (χ1) is 8.17. The van der Waals surface area contributed by atoms with Crippen LogP contribution < -0.4 is 10.6 Å². The number of amides is 1. The van der Waals surface area contributed by atoms with Gasteiger partial charge in [0.15, 0.2) is 0 Å². The van der Waals surface area contributed by atoms with Gasteiger partial charge in [-0.3, -0.25) is 4.79 Å². The van der Waals surface area contributed by atoms with Crippen LogP contribution in [0.4, 0.5) is 0 Å². The minimum Gasteiger partial charge on any atom is -0.396 e. The van der Waals surface area contributed by atoms with Crippen molar-refractivity contribution in [3.05, 3.63) is 0 Å². The molecule has 0 spiro atoms. The Balaban J connectivity index is 3.86. The van der Waals surface area contributed by atoms with E-state index in [4.69, 9.17) is 9.84 Å². The third-order valence-corrected chi connectivity index (χ3v) is 2.75. The summed E-state index contributed by atoms with van der Waals surface area (Å²) in [5, 5.41) is 14.9. The van der Waals surface area contributed by atoms with E-state index in [-0.39, 0.29) is 31.1 Å². The monoisotopic (exact) mass is 246 g/mol. The molecule has 0 aromatic rings. The Labute approximate surface area is 104 Å². The van der Waals surface area contributed by atoms with Crippen molar-refractivity contribution in [2.75, 3.05) is 26.9 Å². The highest BCUT2D eigenvalue weighted by Gasteiger charge is 2.11. The highest BCUT2D eigenvalue weighted by molar-refractivity contribution is 5.78. The molecule has 0 fully saturated rings. The van der Waals surface area contributed by atoms with Crippen LogP contribution in [0, 0.1) is 0 Å². The average Bonchev–Trinajstić information content (AvgIpc) is 2.33. The molecule has 0 bridgehead atoms. The van der Waals surface area contributed by atoms with Crippen LogP contribution in [0.3, 0.4) is 0 Å². The van der Waals surface area contributed by atoms with Crippen LogP contribution in [0.15, 0.2) is 0 Å². The fraction of sp³-hybridized carbons (Fsp3) is 0.917. The van der Waals surface area contributed by atoms with Gasteiger partial charge in [0.2, 0.25) is 5.91 Å². The molecule has 1 amide bonds. The molecule has 0 radical (unpaired) electrons. The summed E-state index contributed by atoms with van der Waals surface area (Å²) in [4.78, 5) is 11.6. The number of rotatable bonds is 10. The van der Waals surface area contributed by atoms with Gasteiger partial charge in [-0.25, -0.2) is 0 Å². The molecule has 5 heteroatoms. The van der Waals surface area contributed by atoms with Crippen LogP contribution >= 0.6 is 0 Å². The van der Waals surface area contributed by atoms with Gasteiger partial charge in [0.05, 0.1) is 13.2 Å². The minimum atomic E-state index is -0.00209. The van der Waals surface area contributed by atoms with Crippen molar-refractivity contribution >= 4 is 5.91 Å². The normalized spacial score (nSPS) is 12.8. The van der Waals surface area contributed by atoms with Gasteiger partial charge < -0.3 is 20.5 Å². The van der Waals surface area contributed by atoms with Gasteiger partial charge in [-0.2, -0.15) is 0 Å². The maximum absolute atomic E-state index is 11.6. The zero-order chi connectivity index (χ0) is 13.1. The van der Waals surface area contributed by atoms with E-state index in [0.717, 1.165) is 12.8 Å². The number of aliphatic hydroxyl groups is 1. The Morgan fingerprint density at radius 1 is 1.29 bits per heavy atom. The average molecular weight is 246 g/mol. The second kappa shape index (κ2) is 10.5. The smallest absolute Gasteiger partial charge is 0.234 e. The molecule has 102 valence electrons. The van der Waals surface area contributed by atoms with Crippen molar-refractivity contribution in [2.45, 2.75) is 45.2 Å². The summed E-state index contributed by atoms with van der Waals surface area (Å²) in [5.74, 6) is -0.00209. The van der Waals surface area contributed by atoms with Crippen LogP contribution in [-0.2, 0) is 9.53 Å². The zero-order valence-electron chi connectivity index (χ0n) is 11.2. The molecule has 5 nitrogen and oxygen atoms in total. The summed E-state index contributed by atoms with van der Waals surface area (Å²) in [6.07, 6.45) is 2.48. The van der Waals surface area contributed by atoms with Gasteiger partial charge in [0.25, 0.3) is 0 Å². The Bertz CT molecular complexity index is 190. The number of ether oxygens (including phenoxy) is 1. The van der Waals surface area contributed by atoms with E-state index in [0.29, 0.717) is 13.0 Å². The Kier molecular flexibility index (Phi) is 10.1. The third kappa shape index (κ3) is 8.12. The minimum absolute atomic E-state index is 0.00209. The van der Waals surface area contributed by atoms with Gasteiger partial charge in [-0.15, -0.1) is 0 Å². The molecule has 1 atom stereocenters. The van der Waals surface area contributed by atoms with E-state index < -0.39 is 0 Å². The first-order valence-electron chi connectivity index (χ1n) is 6.30. The third-order valence-electron chi connectivity index (χ3n) is 2.75. The summed E-state index contributed by atoms with van der Waals surface area (Å²) in [7, 11) is 1.61. The van der Waals surface area contributed by atoms with Gasteiger partial charge in [0.1, 0.15) is 0 Å². The molecular formula is C12H26N2O3. The van der Waals surface area contributed by atoms with Crippen molar-refractivity contribution < 1.29 is 14.6 Å². The molecule has 3 N–H and O–H groups in total. The van der Waals surface area contributed by atoms with Crippen LogP contribution in [0.25, 0.3) is 0 Å². The predicted molar refractivity (Wildman–Crippen MR) is 67.9 cm³/mol.